The fraction of sp³-hybridized carbons (Fsp3) is 0.0769. The predicted molar refractivity (Wildman–Crippen MR) is 67.6 cm³/mol. The lowest BCUT2D eigenvalue weighted by atomic mass is 10.2. The van der Waals surface area contributed by atoms with E-state index in [1.807, 2.05) is 31.2 Å². The Morgan fingerprint density at radius 3 is 2.89 bits per heavy atom. The summed E-state index contributed by atoms with van der Waals surface area (Å²) in [4.78, 5) is 12.6. The molecule has 0 fully saturated rings. The monoisotopic (exact) mass is 237 g/mol. The van der Waals surface area contributed by atoms with Gasteiger partial charge in [-0.2, -0.15) is 5.10 Å². The molecule has 5 heteroatoms. The Morgan fingerprint density at radius 1 is 1.17 bits per heavy atom. The van der Waals surface area contributed by atoms with Crippen molar-refractivity contribution in [2.75, 3.05) is 0 Å². The van der Waals surface area contributed by atoms with Gasteiger partial charge in [0.2, 0.25) is 0 Å². The summed E-state index contributed by atoms with van der Waals surface area (Å²) in [5.74, 6) is 0.651. The van der Waals surface area contributed by atoms with Crippen LogP contribution >= 0.6 is 0 Å². The first-order valence-corrected chi connectivity index (χ1v) is 5.59. The maximum Gasteiger partial charge on any atom is 0.177 e. The number of aromatic amines is 1. The molecule has 0 aliphatic heterocycles. The maximum absolute atomic E-state index is 4.35. The Labute approximate surface area is 104 Å². The van der Waals surface area contributed by atoms with E-state index in [9.17, 15) is 0 Å². The van der Waals surface area contributed by atoms with Crippen molar-refractivity contribution in [1.82, 2.24) is 25.1 Å². The molecule has 18 heavy (non-hydrogen) atoms. The third-order valence-electron chi connectivity index (χ3n) is 2.57. The smallest absolute Gasteiger partial charge is 0.177 e. The van der Waals surface area contributed by atoms with Gasteiger partial charge in [-0.05, 0) is 31.2 Å². The summed E-state index contributed by atoms with van der Waals surface area (Å²) in [6.07, 6.45) is 5.25. The lowest BCUT2D eigenvalue weighted by Gasteiger charge is -1.95. The van der Waals surface area contributed by atoms with Crippen molar-refractivity contribution >= 4 is 0 Å². The molecule has 0 unspecified atom stereocenters. The quantitative estimate of drug-likeness (QED) is 0.742. The Morgan fingerprint density at radius 2 is 2.11 bits per heavy atom. The first kappa shape index (κ1) is 10.6. The average molecular weight is 237 g/mol. The second-order valence-corrected chi connectivity index (χ2v) is 3.93. The zero-order valence-corrected chi connectivity index (χ0v) is 9.83. The highest BCUT2D eigenvalue weighted by molar-refractivity contribution is 5.63. The van der Waals surface area contributed by atoms with E-state index in [0.29, 0.717) is 5.82 Å². The van der Waals surface area contributed by atoms with E-state index < -0.39 is 0 Å². The molecule has 0 radical (unpaired) electrons. The molecule has 0 spiro atoms. The first-order valence-electron chi connectivity index (χ1n) is 5.59. The molecular formula is C13H11N5. The molecule has 3 heterocycles. The van der Waals surface area contributed by atoms with Crippen LogP contribution in [0.5, 0.6) is 0 Å². The van der Waals surface area contributed by atoms with Crippen LogP contribution in [0.2, 0.25) is 0 Å². The van der Waals surface area contributed by atoms with Crippen molar-refractivity contribution < 1.29 is 0 Å². The van der Waals surface area contributed by atoms with Crippen molar-refractivity contribution in [2.24, 2.45) is 0 Å². The molecule has 3 aromatic rings. The molecule has 1 N–H and O–H groups in total. The molecule has 0 bridgehead atoms. The molecule has 0 saturated carbocycles. The van der Waals surface area contributed by atoms with Crippen molar-refractivity contribution in [3.05, 3.63) is 48.5 Å². The number of pyridine rings is 1. The summed E-state index contributed by atoms with van der Waals surface area (Å²) in [6, 6.07) is 7.63. The molecule has 3 aromatic heterocycles. The Hall–Kier alpha value is -2.56. The summed E-state index contributed by atoms with van der Waals surface area (Å²) < 4.78 is 0. The van der Waals surface area contributed by atoms with Crippen LogP contribution < -0.4 is 0 Å². The van der Waals surface area contributed by atoms with Gasteiger partial charge in [0.1, 0.15) is 5.69 Å². The predicted octanol–water partition coefficient (Wildman–Crippen LogP) is 2.24. The van der Waals surface area contributed by atoms with Crippen LogP contribution in [-0.4, -0.2) is 25.1 Å². The van der Waals surface area contributed by atoms with Crippen LogP contribution in [0.1, 0.15) is 5.69 Å². The average Bonchev–Trinajstić information content (AvgIpc) is 2.89. The number of aryl methyl sites for hydroxylation is 1. The van der Waals surface area contributed by atoms with Gasteiger partial charge in [0, 0.05) is 29.8 Å². The van der Waals surface area contributed by atoms with Gasteiger partial charge in [0.15, 0.2) is 5.82 Å². The first-order chi connectivity index (χ1) is 8.83. The van der Waals surface area contributed by atoms with Crippen LogP contribution in [0.4, 0.5) is 0 Å². The SMILES string of the molecule is Cc1ccnc(-c2cc(-c3cccnc3)n[nH]2)n1. The van der Waals surface area contributed by atoms with Crippen LogP contribution in [0, 0.1) is 6.92 Å². The van der Waals surface area contributed by atoms with Gasteiger partial charge in [-0.25, -0.2) is 9.97 Å². The summed E-state index contributed by atoms with van der Waals surface area (Å²) >= 11 is 0. The van der Waals surface area contributed by atoms with Gasteiger partial charge in [0.05, 0.1) is 5.69 Å². The van der Waals surface area contributed by atoms with Gasteiger partial charge >= 0.3 is 0 Å². The second kappa shape index (κ2) is 4.37. The standard InChI is InChI=1S/C13H11N5/c1-9-4-6-15-13(16-9)12-7-11(17-18-12)10-3-2-5-14-8-10/h2-8H,1H3,(H,17,18). The topological polar surface area (TPSA) is 67.3 Å². The van der Waals surface area contributed by atoms with Gasteiger partial charge in [0.25, 0.3) is 0 Å². The lowest BCUT2D eigenvalue weighted by molar-refractivity contribution is 1.05. The zero-order chi connectivity index (χ0) is 12.4. The second-order valence-electron chi connectivity index (χ2n) is 3.93. The Kier molecular flexibility index (Phi) is 2.57. The minimum atomic E-state index is 0.651. The van der Waals surface area contributed by atoms with E-state index in [-0.39, 0.29) is 0 Å². The van der Waals surface area contributed by atoms with Crippen molar-refractivity contribution in [2.45, 2.75) is 6.92 Å². The van der Waals surface area contributed by atoms with Gasteiger partial charge in [-0.15, -0.1) is 0 Å². The number of hydrogen-bond donors (Lipinski definition) is 1. The fourth-order valence-corrected chi connectivity index (χ4v) is 1.68. The van der Waals surface area contributed by atoms with E-state index in [1.54, 1.807) is 18.6 Å². The van der Waals surface area contributed by atoms with E-state index in [4.69, 9.17) is 0 Å². The number of hydrogen-bond acceptors (Lipinski definition) is 4. The van der Waals surface area contributed by atoms with Crippen molar-refractivity contribution in [3.63, 3.8) is 0 Å². The summed E-state index contributed by atoms with van der Waals surface area (Å²) in [5.41, 5.74) is 3.53. The largest absolute Gasteiger partial charge is 0.274 e. The van der Waals surface area contributed by atoms with E-state index >= 15 is 0 Å². The maximum atomic E-state index is 4.35. The van der Waals surface area contributed by atoms with E-state index in [1.165, 1.54) is 0 Å². The van der Waals surface area contributed by atoms with Gasteiger partial charge in [-0.3, -0.25) is 10.1 Å². The highest BCUT2D eigenvalue weighted by Crippen LogP contribution is 2.20. The van der Waals surface area contributed by atoms with Crippen LogP contribution in [0.15, 0.2) is 42.9 Å². The molecule has 0 aliphatic rings. The number of H-pyrrole nitrogens is 1. The molecule has 0 atom stereocenters. The van der Waals surface area contributed by atoms with Crippen LogP contribution in [0.25, 0.3) is 22.8 Å². The highest BCUT2D eigenvalue weighted by Gasteiger charge is 2.07. The minimum absolute atomic E-state index is 0.651. The third kappa shape index (κ3) is 1.98. The Bertz CT molecular complexity index is 660. The highest BCUT2D eigenvalue weighted by atomic mass is 15.1. The van der Waals surface area contributed by atoms with Crippen molar-refractivity contribution in [3.8, 4) is 22.8 Å². The summed E-state index contributed by atoms with van der Waals surface area (Å²) in [6.45, 7) is 1.93. The molecule has 0 aliphatic carbocycles. The molecule has 5 nitrogen and oxygen atoms in total. The summed E-state index contributed by atoms with van der Waals surface area (Å²) in [7, 11) is 0. The molecule has 0 aromatic carbocycles. The Balaban J connectivity index is 2.00. The van der Waals surface area contributed by atoms with Crippen molar-refractivity contribution in [1.29, 1.82) is 0 Å². The van der Waals surface area contributed by atoms with Crippen LogP contribution in [-0.2, 0) is 0 Å². The number of aromatic nitrogens is 5. The fourth-order valence-electron chi connectivity index (χ4n) is 1.68. The number of nitrogens with zero attached hydrogens (tertiary/aromatic N) is 4. The van der Waals surface area contributed by atoms with E-state index in [0.717, 1.165) is 22.6 Å². The van der Waals surface area contributed by atoms with E-state index in [2.05, 4.69) is 25.1 Å². The third-order valence-corrected chi connectivity index (χ3v) is 2.57. The number of nitrogens with one attached hydrogen (secondary N) is 1. The molecule has 88 valence electrons. The van der Waals surface area contributed by atoms with Gasteiger partial charge < -0.3 is 0 Å². The van der Waals surface area contributed by atoms with Gasteiger partial charge in [-0.1, -0.05) is 0 Å². The molecule has 0 saturated heterocycles. The molecular weight excluding hydrogens is 226 g/mol. The van der Waals surface area contributed by atoms with Crippen LogP contribution in [0.3, 0.4) is 0 Å². The number of rotatable bonds is 2. The zero-order valence-electron chi connectivity index (χ0n) is 9.83. The summed E-state index contributed by atoms with van der Waals surface area (Å²) in [5, 5.41) is 7.19. The lowest BCUT2D eigenvalue weighted by Crippen LogP contribution is -1.90. The minimum Gasteiger partial charge on any atom is -0.274 e. The molecule has 3 rings (SSSR count). The molecule has 0 amide bonds. The normalized spacial score (nSPS) is 10.5.